The molecule has 4 nitrogen and oxygen atoms in total. The van der Waals surface area contributed by atoms with E-state index in [0.29, 0.717) is 13.0 Å². The van der Waals surface area contributed by atoms with Crippen LogP contribution >= 0.6 is 15.9 Å². The first-order valence-corrected chi connectivity index (χ1v) is 6.69. The summed E-state index contributed by atoms with van der Waals surface area (Å²) < 4.78 is 6.90. The van der Waals surface area contributed by atoms with E-state index in [1.807, 2.05) is 25.1 Å². The van der Waals surface area contributed by atoms with Gasteiger partial charge in [-0.3, -0.25) is 0 Å². The summed E-state index contributed by atoms with van der Waals surface area (Å²) in [4.78, 5) is 0. The Morgan fingerprint density at radius 1 is 1.56 bits per heavy atom. The van der Waals surface area contributed by atoms with Crippen LogP contribution in [0.25, 0.3) is 0 Å². The summed E-state index contributed by atoms with van der Waals surface area (Å²) in [7, 11) is 0. The van der Waals surface area contributed by atoms with Crippen molar-refractivity contribution in [1.82, 2.24) is 0 Å². The Balaban J connectivity index is 1.95. The third-order valence-corrected chi connectivity index (χ3v) is 3.81. The Kier molecular flexibility index (Phi) is 3.80. The molecule has 0 saturated heterocycles. The van der Waals surface area contributed by atoms with E-state index in [9.17, 15) is 0 Å². The number of hydrogen-bond acceptors (Lipinski definition) is 3. The molecule has 0 aliphatic heterocycles. The lowest BCUT2D eigenvalue weighted by molar-refractivity contribution is 0.235. The van der Waals surface area contributed by atoms with Crippen LogP contribution in [0, 0.1) is 12.3 Å². The fourth-order valence-corrected chi connectivity index (χ4v) is 2.45. The quantitative estimate of drug-likeness (QED) is 0.380. The number of oxime groups is 1. The Labute approximate surface area is 115 Å². The van der Waals surface area contributed by atoms with E-state index in [-0.39, 0.29) is 11.3 Å². The summed E-state index contributed by atoms with van der Waals surface area (Å²) in [5.41, 5.74) is 6.72. The summed E-state index contributed by atoms with van der Waals surface area (Å²) in [6.07, 6.45) is 2.73. The standard InChI is InChI=1S/C13H17BrN2O2/c1-9-6-10(14)2-3-11(9)18-8-13(4-5-13)7-12(15)16-17/h2-3,6,17H,4-5,7-8H2,1H3,(H2,15,16). The van der Waals surface area contributed by atoms with E-state index in [4.69, 9.17) is 15.7 Å². The molecule has 1 aromatic carbocycles. The first-order chi connectivity index (χ1) is 8.54. The SMILES string of the molecule is Cc1cc(Br)ccc1OCC1(CC(N)=NO)CC1. The van der Waals surface area contributed by atoms with Gasteiger partial charge in [0.05, 0.1) is 6.61 Å². The van der Waals surface area contributed by atoms with Crippen molar-refractivity contribution < 1.29 is 9.94 Å². The maximum absolute atomic E-state index is 8.60. The number of aryl methyl sites for hydroxylation is 1. The normalized spacial score (nSPS) is 17.6. The smallest absolute Gasteiger partial charge is 0.139 e. The van der Waals surface area contributed by atoms with E-state index in [1.165, 1.54) is 0 Å². The number of amidine groups is 1. The second-order valence-corrected chi connectivity index (χ2v) is 5.88. The lowest BCUT2D eigenvalue weighted by atomic mass is 10.0. The van der Waals surface area contributed by atoms with Gasteiger partial charge in [-0.25, -0.2) is 0 Å². The number of hydrogen-bond donors (Lipinski definition) is 2. The third kappa shape index (κ3) is 3.16. The molecule has 1 saturated carbocycles. The highest BCUT2D eigenvalue weighted by molar-refractivity contribution is 9.10. The van der Waals surface area contributed by atoms with Crippen molar-refractivity contribution in [2.24, 2.45) is 16.3 Å². The number of nitrogens with zero attached hydrogens (tertiary/aromatic N) is 1. The van der Waals surface area contributed by atoms with Crippen molar-refractivity contribution in [2.75, 3.05) is 6.61 Å². The summed E-state index contributed by atoms with van der Waals surface area (Å²) in [6, 6.07) is 5.95. The number of nitrogens with two attached hydrogens (primary N) is 1. The molecule has 18 heavy (non-hydrogen) atoms. The van der Waals surface area contributed by atoms with Crippen molar-refractivity contribution in [2.45, 2.75) is 26.2 Å². The van der Waals surface area contributed by atoms with Crippen molar-refractivity contribution in [3.05, 3.63) is 28.2 Å². The van der Waals surface area contributed by atoms with Crippen molar-refractivity contribution in [3.63, 3.8) is 0 Å². The van der Waals surface area contributed by atoms with Crippen LogP contribution in [0.4, 0.5) is 0 Å². The lowest BCUT2D eigenvalue weighted by Crippen LogP contribution is -2.22. The van der Waals surface area contributed by atoms with Crippen LogP contribution in [-0.2, 0) is 0 Å². The van der Waals surface area contributed by atoms with Crippen LogP contribution in [0.2, 0.25) is 0 Å². The van der Waals surface area contributed by atoms with E-state index in [0.717, 1.165) is 28.6 Å². The molecule has 0 radical (unpaired) electrons. The lowest BCUT2D eigenvalue weighted by Gasteiger charge is -2.16. The Hall–Kier alpha value is -1.23. The van der Waals surface area contributed by atoms with Crippen molar-refractivity contribution in [3.8, 4) is 5.75 Å². The number of benzene rings is 1. The highest BCUT2D eigenvalue weighted by Gasteiger charge is 2.44. The molecule has 98 valence electrons. The largest absolute Gasteiger partial charge is 0.493 e. The zero-order valence-electron chi connectivity index (χ0n) is 10.3. The molecule has 0 atom stereocenters. The second-order valence-electron chi connectivity index (χ2n) is 4.97. The monoisotopic (exact) mass is 312 g/mol. The second kappa shape index (κ2) is 5.18. The van der Waals surface area contributed by atoms with E-state index in [2.05, 4.69) is 21.1 Å². The molecular formula is C13H17BrN2O2. The fourth-order valence-electron chi connectivity index (χ4n) is 1.97. The molecule has 2 rings (SSSR count). The summed E-state index contributed by atoms with van der Waals surface area (Å²) in [5.74, 6) is 1.17. The maximum atomic E-state index is 8.60. The van der Waals surface area contributed by atoms with Gasteiger partial charge in [0.25, 0.3) is 0 Å². The summed E-state index contributed by atoms with van der Waals surface area (Å²) >= 11 is 3.43. The van der Waals surface area contributed by atoms with Gasteiger partial charge in [0.15, 0.2) is 0 Å². The van der Waals surface area contributed by atoms with Crippen molar-refractivity contribution >= 4 is 21.8 Å². The number of ether oxygens (including phenoxy) is 1. The molecular weight excluding hydrogens is 296 g/mol. The van der Waals surface area contributed by atoms with E-state index in [1.54, 1.807) is 0 Å². The molecule has 0 unspecified atom stereocenters. The Morgan fingerprint density at radius 2 is 2.28 bits per heavy atom. The summed E-state index contributed by atoms with van der Waals surface area (Å²) in [5, 5.41) is 11.6. The van der Waals surface area contributed by atoms with Crippen LogP contribution in [-0.4, -0.2) is 17.6 Å². The molecule has 0 spiro atoms. The molecule has 1 aliphatic carbocycles. The highest BCUT2D eigenvalue weighted by Crippen LogP contribution is 2.49. The molecule has 1 fully saturated rings. The van der Waals surface area contributed by atoms with E-state index >= 15 is 0 Å². The topological polar surface area (TPSA) is 67.8 Å². The van der Waals surface area contributed by atoms with Crippen LogP contribution in [0.5, 0.6) is 5.75 Å². The number of halogens is 1. The minimum absolute atomic E-state index is 0.0653. The first kappa shape index (κ1) is 13.2. The van der Waals surface area contributed by atoms with Gasteiger partial charge in [-0.15, -0.1) is 0 Å². The molecule has 3 N–H and O–H groups in total. The number of rotatable bonds is 5. The maximum Gasteiger partial charge on any atom is 0.139 e. The summed E-state index contributed by atoms with van der Waals surface area (Å²) in [6.45, 7) is 2.63. The van der Waals surface area contributed by atoms with Gasteiger partial charge in [-0.1, -0.05) is 21.1 Å². The molecule has 1 aromatic rings. The zero-order valence-corrected chi connectivity index (χ0v) is 11.9. The average molecular weight is 313 g/mol. The van der Waals surface area contributed by atoms with Gasteiger partial charge in [-0.2, -0.15) is 0 Å². The Morgan fingerprint density at radius 3 is 2.83 bits per heavy atom. The van der Waals surface area contributed by atoms with Gasteiger partial charge in [0.2, 0.25) is 0 Å². The minimum atomic E-state index is 0.0653. The van der Waals surface area contributed by atoms with Crippen LogP contribution in [0.1, 0.15) is 24.8 Å². The average Bonchev–Trinajstić information content (AvgIpc) is 3.08. The van der Waals surface area contributed by atoms with Crippen LogP contribution in [0.3, 0.4) is 0 Å². The zero-order chi connectivity index (χ0) is 13.2. The highest BCUT2D eigenvalue weighted by atomic mass is 79.9. The fraction of sp³-hybridized carbons (Fsp3) is 0.462. The Bertz CT molecular complexity index is 470. The molecule has 5 heteroatoms. The van der Waals surface area contributed by atoms with Gasteiger partial charge in [0.1, 0.15) is 11.6 Å². The third-order valence-electron chi connectivity index (χ3n) is 3.31. The van der Waals surface area contributed by atoms with Crippen LogP contribution in [0.15, 0.2) is 27.8 Å². The van der Waals surface area contributed by atoms with Crippen molar-refractivity contribution in [1.29, 1.82) is 0 Å². The predicted molar refractivity (Wildman–Crippen MR) is 74.1 cm³/mol. The van der Waals surface area contributed by atoms with Gasteiger partial charge >= 0.3 is 0 Å². The molecule has 0 amide bonds. The molecule has 0 heterocycles. The van der Waals surface area contributed by atoms with E-state index < -0.39 is 0 Å². The molecule has 0 aromatic heterocycles. The van der Waals surface area contributed by atoms with Crippen LogP contribution < -0.4 is 10.5 Å². The first-order valence-electron chi connectivity index (χ1n) is 5.90. The van der Waals surface area contributed by atoms with Gasteiger partial charge < -0.3 is 15.7 Å². The minimum Gasteiger partial charge on any atom is -0.493 e. The molecule has 1 aliphatic rings. The van der Waals surface area contributed by atoms with Gasteiger partial charge in [-0.05, 0) is 43.5 Å². The molecule has 0 bridgehead atoms. The van der Waals surface area contributed by atoms with Gasteiger partial charge in [0, 0.05) is 16.3 Å². The predicted octanol–water partition coefficient (Wildman–Crippen LogP) is 3.05.